The molecule has 7 nitrogen and oxygen atoms in total. The highest BCUT2D eigenvalue weighted by Gasteiger charge is 2.04. The molecule has 0 saturated heterocycles. The second-order valence-electron chi connectivity index (χ2n) is 3.67. The van der Waals surface area contributed by atoms with Gasteiger partial charge in [-0.3, -0.25) is 4.90 Å². The molecule has 1 aromatic carbocycles. The molecule has 0 N–H and O–H groups in total. The van der Waals surface area contributed by atoms with Gasteiger partial charge in [-0.2, -0.15) is 0 Å². The maximum Gasteiger partial charge on any atom is 0.0385 e. The van der Waals surface area contributed by atoms with Gasteiger partial charge < -0.3 is 0 Å². The summed E-state index contributed by atoms with van der Waals surface area (Å²) in [7, 11) is 0. The Morgan fingerprint density at radius 2 is 1.50 bits per heavy atom. The van der Waals surface area contributed by atoms with Crippen LogP contribution in [0.1, 0.15) is 5.56 Å². The second-order valence-corrected chi connectivity index (χ2v) is 3.67. The van der Waals surface area contributed by atoms with Crippen LogP contribution in [0.3, 0.4) is 0 Å². The van der Waals surface area contributed by atoms with E-state index in [1.54, 1.807) is 0 Å². The first-order chi connectivity index (χ1) is 8.86. The number of nitrogens with zero attached hydrogens (tertiary/aromatic N) is 7. The third kappa shape index (κ3) is 5.77. The van der Waals surface area contributed by atoms with Crippen molar-refractivity contribution in [1.82, 2.24) is 4.90 Å². The van der Waals surface area contributed by atoms with Gasteiger partial charge in [-0.1, -0.05) is 40.6 Å². The summed E-state index contributed by atoms with van der Waals surface area (Å²) < 4.78 is 0. The summed E-state index contributed by atoms with van der Waals surface area (Å²) in [5.74, 6) is 0. The van der Waals surface area contributed by atoms with Gasteiger partial charge in [0.1, 0.15) is 0 Å². The Morgan fingerprint density at radius 1 is 0.944 bits per heavy atom. The largest absolute Gasteiger partial charge is 0.299 e. The third-order valence-corrected chi connectivity index (χ3v) is 2.41. The summed E-state index contributed by atoms with van der Waals surface area (Å²) in [6.07, 6.45) is 0. The highest BCUT2D eigenvalue weighted by Crippen LogP contribution is 2.04. The molecule has 0 aromatic heterocycles. The van der Waals surface area contributed by atoms with E-state index < -0.39 is 0 Å². The molecule has 0 saturated carbocycles. The van der Waals surface area contributed by atoms with Crippen molar-refractivity contribution >= 4 is 0 Å². The van der Waals surface area contributed by atoms with Crippen LogP contribution in [0.15, 0.2) is 40.6 Å². The van der Waals surface area contributed by atoms with Crippen LogP contribution in [0.5, 0.6) is 0 Å². The van der Waals surface area contributed by atoms with E-state index in [4.69, 9.17) is 11.1 Å². The van der Waals surface area contributed by atoms with Crippen LogP contribution in [0.2, 0.25) is 0 Å². The van der Waals surface area contributed by atoms with Crippen LogP contribution in [0, 0.1) is 0 Å². The lowest BCUT2D eigenvalue weighted by molar-refractivity contribution is 0.281. The SMILES string of the molecule is [N-]=[N+]=NCCN(CCN=[N+]=[N-])Cc1ccccc1. The van der Waals surface area contributed by atoms with Crippen molar-refractivity contribution in [2.45, 2.75) is 6.54 Å². The van der Waals surface area contributed by atoms with Crippen molar-refractivity contribution in [2.24, 2.45) is 10.2 Å². The van der Waals surface area contributed by atoms with Crippen LogP contribution < -0.4 is 0 Å². The predicted octanol–water partition coefficient (Wildman–Crippen LogP) is 3.11. The fraction of sp³-hybridized carbons (Fsp3) is 0.455. The molecule has 0 aliphatic rings. The quantitative estimate of drug-likeness (QED) is 0.392. The van der Waals surface area contributed by atoms with Gasteiger partial charge in [0, 0.05) is 42.5 Å². The average Bonchev–Trinajstić information content (AvgIpc) is 2.40. The molecule has 0 unspecified atom stereocenters. The Bertz CT molecular complexity index is 410. The lowest BCUT2D eigenvalue weighted by Gasteiger charge is -2.20. The van der Waals surface area contributed by atoms with E-state index in [1.807, 2.05) is 30.3 Å². The highest BCUT2D eigenvalue weighted by molar-refractivity contribution is 5.14. The summed E-state index contributed by atoms with van der Waals surface area (Å²) in [4.78, 5) is 7.55. The number of azide groups is 2. The van der Waals surface area contributed by atoms with Crippen molar-refractivity contribution in [3.05, 3.63) is 56.8 Å². The normalized spacial score (nSPS) is 9.61. The lowest BCUT2D eigenvalue weighted by Crippen LogP contribution is -2.28. The third-order valence-electron chi connectivity index (χ3n) is 2.41. The van der Waals surface area contributed by atoms with Gasteiger partial charge >= 0.3 is 0 Å². The molecule has 0 spiro atoms. The van der Waals surface area contributed by atoms with Crippen LogP contribution in [-0.4, -0.2) is 31.1 Å². The molecule has 0 amide bonds. The van der Waals surface area contributed by atoms with Crippen molar-refractivity contribution < 1.29 is 0 Å². The van der Waals surface area contributed by atoms with Crippen LogP contribution in [0.4, 0.5) is 0 Å². The van der Waals surface area contributed by atoms with Gasteiger partial charge in [0.15, 0.2) is 0 Å². The Hall–Kier alpha value is -2.20. The van der Waals surface area contributed by atoms with Gasteiger partial charge in [-0.05, 0) is 16.6 Å². The zero-order chi connectivity index (χ0) is 13.1. The van der Waals surface area contributed by atoms with E-state index in [-0.39, 0.29) is 0 Å². The van der Waals surface area contributed by atoms with Gasteiger partial charge in [0.05, 0.1) is 0 Å². The molecule has 0 aliphatic heterocycles. The Morgan fingerprint density at radius 3 is 2.00 bits per heavy atom. The van der Waals surface area contributed by atoms with Crippen molar-refractivity contribution in [3.8, 4) is 0 Å². The van der Waals surface area contributed by atoms with Crippen LogP contribution in [0.25, 0.3) is 20.9 Å². The summed E-state index contributed by atoms with van der Waals surface area (Å²) in [6.45, 7) is 2.89. The molecule has 18 heavy (non-hydrogen) atoms. The molecule has 1 rings (SSSR count). The minimum Gasteiger partial charge on any atom is -0.299 e. The van der Waals surface area contributed by atoms with E-state index in [0.29, 0.717) is 26.2 Å². The van der Waals surface area contributed by atoms with Crippen molar-refractivity contribution in [2.75, 3.05) is 26.2 Å². The Kier molecular flexibility index (Phi) is 6.85. The first-order valence-corrected chi connectivity index (χ1v) is 5.65. The van der Waals surface area contributed by atoms with E-state index in [0.717, 1.165) is 6.54 Å². The maximum atomic E-state index is 8.26. The molecule has 0 radical (unpaired) electrons. The van der Waals surface area contributed by atoms with Gasteiger partial charge in [-0.15, -0.1) is 0 Å². The average molecular weight is 245 g/mol. The van der Waals surface area contributed by atoms with Crippen LogP contribution >= 0.6 is 0 Å². The lowest BCUT2D eigenvalue weighted by atomic mass is 10.2. The minimum atomic E-state index is 0.416. The Labute approximate surface area is 105 Å². The first-order valence-electron chi connectivity index (χ1n) is 5.65. The van der Waals surface area contributed by atoms with Gasteiger partial charge in [0.25, 0.3) is 0 Å². The molecule has 7 heteroatoms. The molecule has 0 atom stereocenters. The summed E-state index contributed by atoms with van der Waals surface area (Å²) in [6, 6.07) is 10.00. The van der Waals surface area contributed by atoms with Crippen molar-refractivity contribution in [1.29, 1.82) is 0 Å². The zero-order valence-electron chi connectivity index (χ0n) is 10.1. The molecule has 94 valence electrons. The molecule has 0 fully saturated rings. The smallest absolute Gasteiger partial charge is 0.0385 e. The van der Waals surface area contributed by atoms with Gasteiger partial charge in [0.2, 0.25) is 0 Å². The monoisotopic (exact) mass is 245 g/mol. The van der Waals surface area contributed by atoms with E-state index >= 15 is 0 Å². The minimum absolute atomic E-state index is 0.416. The molecule has 1 aromatic rings. The van der Waals surface area contributed by atoms with E-state index in [9.17, 15) is 0 Å². The summed E-state index contributed by atoms with van der Waals surface area (Å²) in [5, 5.41) is 7.03. The standard InChI is InChI=1S/C11H15N7/c12-16-14-6-8-18(9-7-15-17-13)10-11-4-2-1-3-5-11/h1-5H,6-10H2. The second kappa shape index (κ2) is 8.90. The molecular weight excluding hydrogens is 230 g/mol. The fourth-order valence-electron chi connectivity index (χ4n) is 1.57. The molecule has 0 heterocycles. The molecular formula is C11H15N7. The highest BCUT2D eigenvalue weighted by atomic mass is 15.2. The topological polar surface area (TPSA) is 101 Å². The summed E-state index contributed by atoms with van der Waals surface area (Å²) >= 11 is 0. The molecule has 0 aliphatic carbocycles. The number of hydrogen-bond acceptors (Lipinski definition) is 3. The first kappa shape index (κ1) is 13.9. The number of benzene rings is 1. The Balaban J connectivity index is 2.52. The zero-order valence-corrected chi connectivity index (χ0v) is 10.1. The van der Waals surface area contributed by atoms with E-state index in [1.165, 1.54) is 5.56 Å². The fourth-order valence-corrected chi connectivity index (χ4v) is 1.57. The van der Waals surface area contributed by atoms with Crippen LogP contribution in [-0.2, 0) is 6.54 Å². The number of hydrogen-bond donors (Lipinski definition) is 0. The maximum absolute atomic E-state index is 8.26. The van der Waals surface area contributed by atoms with E-state index in [2.05, 4.69) is 25.0 Å². The predicted molar refractivity (Wildman–Crippen MR) is 69.7 cm³/mol. The van der Waals surface area contributed by atoms with Gasteiger partial charge in [-0.25, -0.2) is 0 Å². The van der Waals surface area contributed by atoms with Crippen molar-refractivity contribution in [3.63, 3.8) is 0 Å². The summed E-state index contributed by atoms with van der Waals surface area (Å²) in [5.41, 5.74) is 17.7. The number of rotatable bonds is 8. The molecule has 0 bridgehead atoms.